The molecule has 144 valence electrons. The Morgan fingerprint density at radius 3 is 2.25 bits per heavy atom. The van der Waals surface area contributed by atoms with Crippen LogP contribution in [-0.4, -0.2) is 20.9 Å². The summed E-state index contributed by atoms with van der Waals surface area (Å²) in [6.45, 7) is 0.280. The van der Waals surface area contributed by atoms with Gasteiger partial charge in [-0.2, -0.15) is 0 Å². The van der Waals surface area contributed by atoms with Gasteiger partial charge in [0.25, 0.3) is 5.91 Å². The van der Waals surface area contributed by atoms with Crippen molar-refractivity contribution in [2.75, 3.05) is 6.54 Å². The highest BCUT2D eigenvalue weighted by Gasteiger charge is 2.13. The van der Waals surface area contributed by atoms with E-state index in [1.807, 2.05) is 30.3 Å². The third kappa shape index (κ3) is 4.82. The normalized spacial score (nSPS) is 11.2. The van der Waals surface area contributed by atoms with E-state index in [2.05, 4.69) is 5.32 Å². The molecule has 7 heteroatoms. The average Bonchev–Trinajstić information content (AvgIpc) is 2.68. The lowest BCUT2D eigenvalue weighted by molar-refractivity contribution is 0.0950. The molecule has 0 unspecified atom stereocenters. The van der Waals surface area contributed by atoms with Crippen molar-refractivity contribution in [3.05, 3.63) is 89.7 Å². The minimum atomic E-state index is -3.73. The number of nitrogens with two attached hydrogens (primary N) is 1. The molecule has 0 aromatic heterocycles. The number of amides is 1. The summed E-state index contributed by atoms with van der Waals surface area (Å²) in [7, 11) is -3.73. The van der Waals surface area contributed by atoms with E-state index in [0.29, 0.717) is 6.42 Å². The summed E-state index contributed by atoms with van der Waals surface area (Å²) in [4.78, 5) is 12.4. The molecule has 0 radical (unpaired) electrons. The molecule has 3 N–H and O–H groups in total. The standard InChI is InChI=1S/C21H19FN2O3S/c22-20-11-8-17(16-4-2-1-3-5-16)14-19(20)21(25)24-13-12-15-6-9-18(10-7-15)28(23,26)27/h1-11,14H,12-13H2,(H,24,25)(H2,23,26,27). The van der Waals surface area contributed by atoms with Gasteiger partial charge < -0.3 is 5.32 Å². The van der Waals surface area contributed by atoms with Crippen LogP contribution in [0, 0.1) is 5.82 Å². The van der Waals surface area contributed by atoms with E-state index in [-0.39, 0.29) is 17.0 Å². The van der Waals surface area contributed by atoms with E-state index >= 15 is 0 Å². The molecule has 3 rings (SSSR count). The second-order valence-corrected chi connectivity index (χ2v) is 7.82. The van der Waals surface area contributed by atoms with Crippen molar-refractivity contribution in [1.82, 2.24) is 5.32 Å². The van der Waals surface area contributed by atoms with Crippen LogP contribution in [0.25, 0.3) is 11.1 Å². The Balaban J connectivity index is 1.65. The highest BCUT2D eigenvalue weighted by molar-refractivity contribution is 7.89. The van der Waals surface area contributed by atoms with Gasteiger partial charge in [-0.1, -0.05) is 48.5 Å². The molecule has 0 atom stereocenters. The number of hydrogen-bond donors (Lipinski definition) is 2. The van der Waals surface area contributed by atoms with Gasteiger partial charge in [-0.25, -0.2) is 17.9 Å². The minimum Gasteiger partial charge on any atom is -0.352 e. The number of benzene rings is 3. The molecule has 28 heavy (non-hydrogen) atoms. The molecule has 3 aromatic rings. The van der Waals surface area contributed by atoms with Gasteiger partial charge in [0.1, 0.15) is 5.82 Å². The zero-order valence-electron chi connectivity index (χ0n) is 14.9. The molecular weight excluding hydrogens is 379 g/mol. The molecule has 0 heterocycles. The van der Waals surface area contributed by atoms with Crippen LogP contribution in [0.3, 0.4) is 0 Å². The number of primary sulfonamides is 1. The number of halogens is 1. The third-order valence-electron chi connectivity index (χ3n) is 4.27. The summed E-state index contributed by atoms with van der Waals surface area (Å²) < 4.78 is 36.6. The van der Waals surface area contributed by atoms with Crippen molar-refractivity contribution in [3.8, 4) is 11.1 Å². The van der Waals surface area contributed by atoms with E-state index in [1.165, 1.54) is 24.3 Å². The van der Waals surface area contributed by atoms with Gasteiger partial charge in [0.15, 0.2) is 0 Å². The van der Waals surface area contributed by atoms with E-state index in [4.69, 9.17) is 5.14 Å². The van der Waals surface area contributed by atoms with E-state index in [1.54, 1.807) is 18.2 Å². The van der Waals surface area contributed by atoms with Crippen LogP contribution >= 0.6 is 0 Å². The van der Waals surface area contributed by atoms with Crippen molar-refractivity contribution in [2.45, 2.75) is 11.3 Å². The van der Waals surface area contributed by atoms with Crippen molar-refractivity contribution < 1.29 is 17.6 Å². The lowest BCUT2D eigenvalue weighted by Crippen LogP contribution is -2.26. The molecule has 0 saturated carbocycles. The molecule has 0 spiro atoms. The Kier molecular flexibility index (Phi) is 5.87. The monoisotopic (exact) mass is 398 g/mol. The van der Waals surface area contributed by atoms with Crippen molar-refractivity contribution in [2.24, 2.45) is 5.14 Å². The van der Waals surface area contributed by atoms with Crippen LogP contribution in [0.2, 0.25) is 0 Å². The second kappa shape index (κ2) is 8.33. The second-order valence-electron chi connectivity index (χ2n) is 6.26. The molecular formula is C21H19FN2O3S. The lowest BCUT2D eigenvalue weighted by Gasteiger charge is -2.09. The van der Waals surface area contributed by atoms with Gasteiger partial charge in [-0.3, -0.25) is 4.79 Å². The van der Waals surface area contributed by atoms with Crippen molar-refractivity contribution in [1.29, 1.82) is 0 Å². The molecule has 5 nitrogen and oxygen atoms in total. The van der Waals surface area contributed by atoms with Crippen LogP contribution in [0.5, 0.6) is 0 Å². The van der Waals surface area contributed by atoms with Crippen LogP contribution < -0.4 is 10.5 Å². The summed E-state index contributed by atoms with van der Waals surface area (Å²) in [6.07, 6.45) is 0.469. The van der Waals surface area contributed by atoms with Crippen molar-refractivity contribution in [3.63, 3.8) is 0 Å². The Bertz CT molecular complexity index is 1080. The van der Waals surface area contributed by atoms with Gasteiger partial charge in [0.2, 0.25) is 10.0 Å². The quantitative estimate of drug-likeness (QED) is 0.669. The van der Waals surface area contributed by atoms with Gasteiger partial charge in [0, 0.05) is 6.54 Å². The number of sulfonamides is 1. The fourth-order valence-electron chi connectivity index (χ4n) is 2.77. The highest BCUT2D eigenvalue weighted by Crippen LogP contribution is 2.22. The smallest absolute Gasteiger partial charge is 0.254 e. The van der Waals surface area contributed by atoms with E-state index in [0.717, 1.165) is 16.7 Å². The summed E-state index contributed by atoms with van der Waals surface area (Å²) in [5.74, 6) is -1.09. The molecule has 0 fully saturated rings. The first-order valence-electron chi connectivity index (χ1n) is 8.59. The number of carbonyl (C=O) groups is 1. The molecule has 0 saturated heterocycles. The predicted octanol–water partition coefficient (Wildman–Crippen LogP) is 3.11. The number of carbonyl (C=O) groups excluding carboxylic acids is 1. The molecule has 0 bridgehead atoms. The van der Waals surface area contributed by atoms with Gasteiger partial charge in [0.05, 0.1) is 10.5 Å². The Hall–Kier alpha value is -3.03. The number of rotatable bonds is 6. The van der Waals surface area contributed by atoms with E-state index < -0.39 is 21.7 Å². The number of nitrogens with one attached hydrogen (secondary N) is 1. The zero-order chi connectivity index (χ0) is 20.1. The molecule has 3 aromatic carbocycles. The van der Waals surface area contributed by atoms with Crippen molar-refractivity contribution >= 4 is 15.9 Å². The fraction of sp³-hybridized carbons (Fsp3) is 0.0952. The Morgan fingerprint density at radius 1 is 0.929 bits per heavy atom. The summed E-state index contributed by atoms with van der Waals surface area (Å²) in [5.41, 5.74) is 2.45. The first-order chi connectivity index (χ1) is 13.3. The molecule has 0 aliphatic heterocycles. The van der Waals surface area contributed by atoms with Crippen LogP contribution in [0.4, 0.5) is 4.39 Å². The summed E-state index contributed by atoms with van der Waals surface area (Å²) >= 11 is 0. The largest absolute Gasteiger partial charge is 0.352 e. The maximum absolute atomic E-state index is 14.1. The van der Waals surface area contributed by atoms with E-state index in [9.17, 15) is 17.6 Å². The SMILES string of the molecule is NS(=O)(=O)c1ccc(CCNC(=O)c2cc(-c3ccccc3)ccc2F)cc1. The first-order valence-corrected chi connectivity index (χ1v) is 10.1. The van der Waals surface area contributed by atoms with Gasteiger partial charge in [-0.05, 0) is 47.4 Å². The topological polar surface area (TPSA) is 89.3 Å². The maximum Gasteiger partial charge on any atom is 0.254 e. The minimum absolute atomic E-state index is 0.0223. The zero-order valence-corrected chi connectivity index (χ0v) is 15.7. The molecule has 0 aliphatic carbocycles. The Morgan fingerprint density at radius 2 is 1.61 bits per heavy atom. The molecule has 1 amide bonds. The van der Waals surface area contributed by atoms with Crippen LogP contribution in [0.1, 0.15) is 15.9 Å². The predicted molar refractivity (Wildman–Crippen MR) is 106 cm³/mol. The Labute approximate surface area is 163 Å². The maximum atomic E-state index is 14.1. The summed E-state index contributed by atoms with van der Waals surface area (Å²) in [6, 6.07) is 19.9. The van der Waals surface area contributed by atoms with Gasteiger partial charge in [-0.15, -0.1) is 0 Å². The third-order valence-corrected chi connectivity index (χ3v) is 5.20. The average molecular weight is 398 g/mol. The number of hydrogen-bond acceptors (Lipinski definition) is 3. The van der Waals surface area contributed by atoms with Crippen LogP contribution in [0.15, 0.2) is 77.7 Å². The summed E-state index contributed by atoms with van der Waals surface area (Å²) in [5, 5.41) is 7.75. The van der Waals surface area contributed by atoms with Gasteiger partial charge >= 0.3 is 0 Å². The fourth-order valence-corrected chi connectivity index (χ4v) is 3.29. The lowest BCUT2D eigenvalue weighted by atomic mass is 10.0. The molecule has 0 aliphatic rings. The first kappa shape index (κ1) is 19.7. The van der Waals surface area contributed by atoms with Crippen LogP contribution in [-0.2, 0) is 16.4 Å². The highest BCUT2D eigenvalue weighted by atomic mass is 32.2.